The Morgan fingerprint density at radius 3 is 1.90 bits per heavy atom. The number of Topliss-reactive ketones (excluding diaryl/α,β-unsaturated/α-hetero) is 1. The van der Waals surface area contributed by atoms with Crippen molar-refractivity contribution in [3.63, 3.8) is 0 Å². The summed E-state index contributed by atoms with van der Waals surface area (Å²) in [5.41, 5.74) is 8.32. The summed E-state index contributed by atoms with van der Waals surface area (Å²) in [6, 6.07) is 18.5. The molecule has 0 spiro atoms. The van der Waals surface area contributed by atoms with Gasteiger partial charge in [-0.3, -0.25) is 4.79 Å². The van der Waals surface area contributed by atoms with Gasteiger partial charge in [0, 0.05) is 23.8 Å². The van der Waals surface area contributed by atoms with Gasteiger partial charge in [0.1, 0.15) is 16.6 Å². The first-order valence-electron chi connectivity index (χ1n) is 15.6. The molecular weight excluding hydrogens is 536 g/mol. The Morgan fingerprint density at radius 2 is 1.40 bits per heavy atom. The maximum atomic E-state index is 12.6. The summed E-state index contributed by atoms with van der Waals surface area (Å²) < 4.78 is 0. The molecule has 0 saturated heterocycles. The standard InChI is InChI=1S/C29H32N2O2S.4C2H6/c1-19(27-20(2)30-28(34-27)23-9-7-6-8-10-23)15-21-11-13-22(14-12-21)16-25(32)17-24-18-26(33-31-24)29(3,4)5;4*1-2/h6-14,18,24,31H,1,15-17H2,2-5H3;4*1-2H3. The van der Waals surface area contributed by atoms with Crippen molar-refractivity contribution >= 4 is 22.7 Å². The fourth-order valence-electron chi connectivity index (χ4n) is 3.97. The van der Waals surface area contributed by atoms with Crippen LogP contribution in [0.4, 0.5) is 0 Å². The molecule has 2 heterocycles. The number of ketones is 1. The van der Waals surface area contributed by atoms with E-state index in [1.165, 1.54) is 5.56 Å². The van der Waals surface area contributed by atoms with Gasteiger partial charge >= 0.3 is 0 Å². The second-order valence-corrected chi connectivity index (χ2v) is 10.9. The highest BCUT2D eigenvalue weighted by Gasteiger charge is 2.27. The Morgan fingerprint density at radius 1 is 0.881 bits per heavy atom. The van der Waals surface area contributed by atoms with Crippen molar-refractivity contribution in [3.8, 4) is 10.6 Å². The second kappa shape index (κ2) is 20.8. The van der Waals surface area contributed by atoms with Gasteiger partial charge in [-0.15, -0.1) is 16.8 Å². The Bertz CT molecular complexity index is 1200. The van der Waals surface area contributed by atoms with Gasteiger partial charge in [-0.25, -0.2) is 4.98 Å². The topological polar surface area (TPSA) is 51.2 Å². The van der Waals surface area contributed by atoms with Crippen LogP contribution in [0.25, 0.3) is 16.1 Å². The van der Waals surface area contributed by atoms with Crippen LogP contribution in [0.1, 0.15) is 104 Å². The first-order chi connectivity index (χ1) is 20.2. The number of aromatic nitrogens is 1. The van der Waals surface area contributed by atoms with Crippen molar-refractivity contribution in [1.82, 2.24) is 10.5 Å². The molecule has 1 aromatic heterocycles. The van der Waals surface area contributed by atoms with Gasteiger partial charge in [-0.05, 0) is 36.1 Å². The maximum Gasteiger partial charge on any atom is 0.139 e. The molecule has 42 heavy (non-hydrogen) atoms. The molecule has 0 fully saturated rings. The van der Waals surface area contributed by atoms with Gasteiger partial charge in [0.15, 0.2) is 0 Å². The van der Waals surface area contributed by atoms with Gasteiger partial charge in [0.2, 0.25) is 0 Å². The van der Waals surface area contributed by atoms with Gasteiger partial charge in [0.05, 0.1) is 16.6 Å². The molecule has 4 rings (SSSR count). The summed E-state index contributed by atoms with van der Waals surface area (Å²) in [5, 5.41) is 1.02. The van der Waals surface area contributed by atoms with E-state index in [0.717, 1.165) is 44.5 Å². The third-order valence-corrected chi connectivity index (χ3v) is 7.15. The van der Waals surface area contributed by atoms with Crippen molar-refractivity contribution in [1.29, 1.82) is 0 Å². The number of carbonyl (C=O) groups excluding carboxylic acids is 1. The molecule has 1 aliphatic rings. The zero-order valence-electron chi connectivity index (χ0n) is 28.4. The molecule has 0 amide bonds. The summed E-state index contributed by atoms with van der Waals surface area (Å²) >= 11 is 1.69. The number of carbonyl (C=O) groups is 1. The third kappa shape index (κ3) is 12.5. The number of rotatable bonds is 8. The zero-order valence-corrected chi connectivity index (χ0v) is 29.2. The quantitative estimate of drug-likeness (QED) is 0.283. The highest BCUT2D eigenvalue weighted by atomic mass is 32.1. The molecule has 5 heteroatoms. The van der Waals surface area contributed by atoms with Crippen LogP contribution >= 0.6 is 11.3 Å². The molecule has 0 saturated carbocycles. The van der Waals surface area contributed by atoms with Crippen LogP contribution < -0.4 is 5.48 Å². The van der Waals surface area contributed by atoms with Crippen molar-refractivity contribution < 1.29 is 9.63 Å². The Labute approximate surface area is 261 Å². The van der Waals surface area contributed by atoms with Crippen molar-refractivity contribution in [2.24, 2.45) is 5.41 Å². The fourth-order valence-corrected chi connectivity index (χ4v) is 5.01. The Kier molecular flexibility index (Phi) is 19.3. The molecule has 4 nitrogen and oxygen atoms in total. The smallest absolute Gasteiger partial charge is 0.139 e. The first kappa shape index (κ1) is 39.0. The molecule has 0 radical (unpaired) electrons. The summed E-state index contributed by atoms with van der Waals surface area (Å²) in [6.45, 7) is 28.7. The monoisotopic (exact) mass is 592 g/mol. The average molecular weight is 593 g/mol. The molecule has 2 aromatic carbocycles. The number of nitrogens with one attached hydrogen (secondary N) is 1. The van der Waals surface area contributed by atoms with Crippen LogP contribution in [-0.2, 0) is 22.5 Å². The van der Waals surface area contributed by atoms with E-state index in [1.807, 2.05) is 98.7 Å². The number of aryl methyl sites for hydroxylation is 1. The molecule has 0 bridgehead atoms. The lowest BCUT2D eigenvalue weighted by Crippen LogP contribution is -2.25. The Balaban J connectivity index is 0.00000194. The number of hydroxylamine groups is 1. The molecule has 0 aliphatic carbocycles. The van der Waals surface area contributed by atoms with Crippen molar-refractivity contribution in [3.05, 3.63) is 94.7 Å². The van der Waals surface area contributed by atoms with Crippen LogP contribution in [0.2, 0.25) is 0 Å². The van der Waals surface area contributed by atoms with Crippen molar-refractivity contribution in [2.75, 3.05) is 0 Å². The number of hydrogen-bond donors (Lipinski definition) is 1. The molecular formula is C37H56N2O2S. The van der Waals surface area contributed by atoms with Gasteiger partial charge in [0.25, 0.3) is 0 Å². The normalized spacial score (nSPS) is 13.2. The fraction of sp³-hybridized carbons (Fsp3) is 0.459. The summed E-state index contributed by atoms with van der Waals surface area (Å²) in [7, 11) is 0. The predicted molar refractivity (Wildman–Crippen MR) is 186 cm³/mol. The minimum Gasteiger partial charge on any atom is -0.412 e. The SMILES string of the molecule is C=C(Cc1ccc(CC(=O)CC2C=C(C(C)(C)C)ON2)cc1)c1sc(-c2ccccc2)nc1C.CC.CC.CC.CC. The number of hydrogen-bond acceptors (Lipinski definition) is 5. The number of nitrogens with zero attached hydrogens (tertiary/aromatic N) is 1. The van der Waals surface area contributed by atoms with Crippen LogP contribution in [0.3, 0.4) is 0 Å². The van der Waals surface area contributed by atoms with E-state index in [2.05, 4.69) is 57.1 Å². The highest BCUT2D eigenvalue weighted by molar-refractivity contribution is 7.16. The van der Waals surface area contributed by atoms with E-state index < -0.39 is 0 Å². The predicted octanol–water partition coefficient (Wildman–Crippen LogP) is 10.8. The molecule has 1 atom stereocenters. The molecule has 232 valence electrons. The van der Waals surface area contributed by atoms with Crippen LogP contribution in [0.15, 0.2) is 73.0 Å². The van der Waals surface area contributed by atoms with E-state index in [-0.39, 0.29) is 17.2 Å². The maximum absolute atomic E-state index is 12.6. The van der Waals surface area contributed by atoms with E-state index in [4.69, 9.17) is 9.82 Å². The number of thiazole rings is 1. The lowest BCUT2D eigenvalue weighted by atomic mass is 9.92. The van der Waals surface area contributed by atoms with Gasteiger partial charge in [-0.1, -0.05) is 137 Å². The van der Waals surface area contributed by atoms with E-state index in [0.29, 0.717) is 12.8 Å². The van der Waals surface area contributed by atoms with E-state index in [9.17, 15) is 4.79 Å². The average Bonchev–Trinajstić information content (AvgIpc) is 3.66. The van der Waals surface area contributed by atoms with Gasteiger partial charge < -0.3 is 4.84 Å². The summed E-state index contributed by atoms with van der Waals surface area (Å²) in [4.78, 5) is 24.0. The Hall–Kier alpha value is -3.02. The van der Waals surface area contributed by atoms with E-state index in [1.54, 1.807) is 11.3 Å². The summed E-state index contributed by atoms with van der Waals surface area (Å²) in [5.74, 6) is 1.08. The van der Waals surface area contributed by atoms with Crippen LogP contribution in [0.5, 0.6) is 0 Å². The van der Waals surface area contributed by atoms with Crippen LogP contribution in [0, 0.1) is 12.3 Å². The van der Waals surface area contributed by atoms with E-state index >= 15 is 0 Å². The highest BCUT2D eigenvalue weighted by Crippen LogP contribution is 2.33. The van der Waals surface area contributed by atoms with Gasteiger partial charge in [-0.2, -0.15) is 0 Å². The molecule has 1 N–H and O–H groups in total. The largest absolute Gasteiger partial charge is 0.412 e. The molecule has 3 aromatic rings. The molecule has 1 unspecified atom stereocenters. The van der Waals surface area contributed by atoms with Crippen molar-refractivity contribution in [2.45, 2.75) is 108 Å². The number of benzene rings is 2. The third-order valence-electron chi connectivity index (χ3n) is 5.84. The first-order valence-corrected chi connectivity index (χ1v) is 16.5. The number of allylic oxidation sites excluding steroid dienone is 2. The lowest BCUT2D eigenvalue weighted by molar-refractivity contribution is -0.119. The zero-order chi connectivity index (χ0) is 32.3. The van der Waals surface area contributed by atoms with Crippen LogP contribution in [-0.4, -0.2) is 16.8 Å². The second-order valence-electron chi connectivity index (χ2n) is 9.92. The molecule has 1 aliphatic heterocycles. The summed E-state index contributed by atoms with van der Waals surface area (Å²) in [6.07, 6.45) is 3.63. The minimum absolute atomic E-state index is 0.0623. The lowest BCUT2D eigenvalue weighted by Gasteiger charge is -2.17. The minimum atomic E-state index is -0.0640.